The zero-order valence-corrected chi connectivity index (χ0v) is 18.3. The zero-order chi connectivity index (χ0) is 21.8. The molecule has 4 rings (SSSR count). The van der Waals surface area contributed by atoms with Crippen LogP contribution in [0, 0.1) is 0 Å². The summed E-state index contributed by atoms with van der Waals surface area (Å²) in [6.45, 7) is -0.387. The monoisotopic (exact) mass is 475 g/mol. The van der Waals surface area contributed by atoms with E-state index in [1.165, 1.54) is 7.11 Å². The predicted molar refractivity (Wildman–Crippen MR) is 122 cm³/mol. The van der Waals surface area contributed by atoms with Crippen LogP contribution in [0.4, 0.5) is 0 Å². The van der Waals surface area contributed by atoms with Gasteiger partial charge in [0.15, 0.2) is 6.61 Å². The normalized spacial score (nSPS) is 10.6. The molecule has 0 aliphatic heterocycles. The van der Waals surface area contributed by atoms with E-state index in [0.29, 0.717) is 33.5 Å². The van der Waals surface area contributed by atoms with Crippen LogP contribution in [0.1, 0.15) is 20.7 Å². The summed E-state index contributed by atoms with van der Waals surface area (Å²) in [5, 5.41) is 0.663. The molecule has 0 bridgehead atoms. The molecule has 0 saturated carbocycles. The second kappa shape index (κ2) is 9.10. The number of carbonyl (C=O) groups excluding carboxylic acids is 2. The van der Waals surface area contributed by atoms with Gasteiger partial charge in [-0.3, -0.25) is 4.79 Å². The molecule has 0 fully saturated rings. The van der Waals surface area contributed by atoms with Crippen LogP contribution in [0.5, 0.6) is 5.75 Å². The van der Waals surface area contributed by atoms with Gasteiger partial charge in [-0.2, -0.15) is 0 Å². The van der Waals surface area contributed by atoms with Crippen LogP contribution in [0.25, 0.3) is 22.2 Å². The van der Waals surface area contributed by atoms with Gasteiger partial charge in [-0.1, -0.05) is 58.4 Å². The smallest absolute Gasteiger partial charge is 0.339 e. The summed E-state index contributed by atoms with van der Waals surface area (Å²) in [6.07, 6.45) is 0. The predicted octanol–water partition coefficient (Wildman–Crippen LogP) is 5.71. The van der Waals surface area contributed by atoms with E-state index in [1.54, 1.807) is 30.3 Å². The van der Waals surface area contributed by atoms with Gasteiger partial charge >= 0.3 is 5.97 Å². The number of nitrogens with zero attached hydrogens (tertiary/aromatic N) is 1. The lowest BCUT2D eigenvalue weighted by molar-refractivity contribution is 0.0476. The molecular weight excluding hydrogens is 458 g/mol. The molecular formula is C25H18BrNO4. The molecule has 6 heteroatoms. The third-order valence-electron chi connectivity index (χ3n) is 4.80. The maximum Gasteiger partial charge on any atom is 0.339 e. The zero-order valence-electron chi connectivity index (χ0n) is 16.7. The Morgan fingerprint density at radius 1 is 0.903 bits per heavy atom. The quantitative estimate of drug-likeness (QED) is 0.263. The summed E-state index contributed by atoms with van der Waals surface area (Å²) in [5.41, 5.74) is 2.89. The highest BCUT2D eigenvalue weighted by molar-refractivity contribution is 9.10. The maximum atomic E-state index is 13.0. The SMILES string of the molecule is COc1ccccc1C(=O)COC(=O)c1cc(-c2cccc(Br)c2)nc2ccccc12. The standard InChI is InChI=1S/C25H18BrNO4/c1-30-24-12-5-3-10-19(24)23(28)15-31-25(29)20-14-22(16-7-6-8-17(26)13-16)27-21-11-4-2-9-18(20)21/h2-14H,15H2,1H3. The van der Waals surface area contributed by atoms with Gasteiger partial charge in [-0.25, -0.2) is 9.78 Å². The summed E-state index contributed by atoms with van der Waals surface area (Å²) in [4.78, 5) is 30.2. The van der Waals surface area contributed by atoms with Crippen LogP contribution < -0.4 is 4.74 Å². The van der Waals surface area contributed by atoms with Crippen LogP contribution in [-0.2, 0) is 4.74 Å². The highest BCUT2D eigenvalue weighted by atomic mass is 79.9. The van der Waals surface area contributed by atoms with Crippen LogP contribution in [0.15, 0.2) is 83.3 Å². The van der Waals surface area contributed by atoms with Gasteiger partial charge in [-0.15, -0.1) is 0 Å². The Labute approximate surface area is 187 Å². The Bertz CT molecular complexity index is 1290. The molecule has 0 aliphatic rings. The molecule has 0 atom stereocenters. The number of hydrogen-bond donors (Lipinski definition) is 0. The molecule has 0 radical (unpaired) electrons. The van der Waals surface area contributed by atoms with E-state index in [-0.39, 0.29) is 12.4 Å². The summed E-state index contributed by atoms with van der Waals surface area (Å²) in [7, 11) is 1.49. The summed E-state index contributed by atoms with van der Waals surface area (Å²) in [6, 6.07) is 23.5. The number of pyridine rings is 1. The highest BCUT2D eigenvalue weighted by Gasteiger charge is 2.18. The van der Waals surface area contributed by atoms with E-state index in [9.17, 15) is 9.59 Å². The molecule has 1 heterocycles. The van der Waals surface area contributed by atoms with E-state index in [1.807, 2.05) is 48.5 Å². The first kappa shape index (κ1) is 20.8. The number of Topliss-reactive ketones (excluding diaryl/α,β-unsaturated/α-hetero) is 1. The average Bonchev–Trinajstić information content (AvgIpc) is 2.81. The molecule has 3 aromatic carbocycles. The second-order valence-corrected chi connectivity index (χ2v) is 7.70. The van der Waals surface area contributed by atoms with Crippen LogP contribution in [0.3, 0.4) is 0 Å². The number of carbonyl (C=O) groups is 2. The first-order chi connectivity index (χ1) is 15.1. The van der Waals surface area contributed by atoms with E-state index in [0.717, 1.165) is 10.0 Å². The Morgan fingerprint density at radius 3 is 2.48 bits per heavy atom. The Morgan fingerprint density at radius 2 is 1.68 bits per heavy atom. The number of esters is 1. The molecule has 0 aliphatic carbocycles. The molecule has 0 amide bonds. The van der Waals surface area contributed by atoms with Crippen LogP contribution in [-0.4, -0.2) is 30.5 Å². The van der Waals surface area contributed by atoms with Gasteiger partial charge in [0.1, 0.15) is 5.75 Å². The van der Waals surface area contributed by atoms with Gasteiger partial charge in [0.05, 0.1) is 29.4 Å². The van der Waals surface area contributed by atoms with Gasteiger partial charge in [0, 0.05) is 15.4 Å². The van der Waals surface area contributed by atoms with Gasteiger partial charge < -0.3 is 9.47 Å². The number of ether oxygens (including phenoxy) is 2. The van der Waals surface area contributed by atoms with Crippen molar-refractivity contribution in [2.75, 3.05) is 13.7 Å². The van der Waals surface area contributed by atoms with Crippen molar-refractivity contribution in [1.29, 1.82) is 0 Å². The third kappa shape index (κ3) is 4.49. The molecule has 1 aromatic heterocycles. The lowest BCUT2D eigenvalue weighted by Crippen LogP contribution is -2.15. The van der Waals surface area contributed by atoms with Crippen LogP contribution >= 0.6 is 15.9 Å². The Kier molecular flexibility index (Phi) is 6.09. The Hall–Kier alpha value is -3.51. The van der Waals surface area contributed by atoms with E-state index in [4.69, 9.17) is 9.47 Å². The van der Waals surface area contributed by atoms with Gasteiger partial charge in [0.25, 0.3) is 0 Å². The first-order valence-corrected chi connectivity index (χ1v) is 10.3. The molecule has 0 N–H and O–H groups in total. The van der Waals surface area contributed by atoms with Crippen molar-refractivity contribution >= 4 is 38.6 Å². The average molecular weight is 476 g/mol. The van der Waals surface area contributed by atoms with E-state index < -0.39 is 5.97 Å². The van der Waals surface area contributed by atoms with Crippen molar-refractivity contribution < 1.29 is 19.1 Å². The Balaban J connectivity index is 1.65. The van der Waals surface area contributed by atoms with Crippen molar-refractivity contribution in [2.45, 2.75) is 0 Å². The van der Waals surface area contributed by atoms with E-state index >= 15 is 0 Å². The number of aromatic nitrogens is 1. The number of para-hydroxylation sites is 2. The fourth-order valence-corrected chi connectivity index (χ4v) is 3.70. The lowest BCUT2D eigenvalue weighted by atomic mass is 10.0. The fourth-order valence-electron chi connectivity index (χ4n) is 3.30. The first-order valence-electron chi connectivity index (χ1n) is 9.56. The topological polar surface area (TPSA) is 65.5 Å². The molecule has 4 aromatic rings. The minimum absolute atomic E-state index is 0.337. The second-order valence-electron chi connectivity index (χ2n) is 6.78. The number of hydrogen-bond acceptors (Lipinski definition) is 5. The summed E-state index contributed by atoms with van der Waals surface area (Å²) < 4.78 is 11.5. The molecule has 31 heavy (non-hydrogen) atoms. The van der Waals surface area contributed by atoms with Gasteiger partial charge in [-0.05, 0) is 36.4 Å². The molecule has 5 nitrogen and oxygen atoms in total. The molecule has 154 valence electrons. The lowest BCUT2D eigenvalue weighted by Gasteiger charge is -2.11. The number of halogens is 1. The van der Waals surface area contributed by atoms with Crippen molar-refractivity contribution in [3.05, 3.63) is 94.5 Å². The largest absolute Gasteiger partial charge is 0.496 e. The summed E-state index contributed by atoms with van der Waals surface area (Å²) >= 11 is 3.46. The summed E-state index contributed by atoms with van der Waals surface area (Å²) in [5.74, 6) is -0.482. The third-order valence-corrected chi connectivity index (χ3v) is 5.29. The number of rotatable bonds is 6. The van der Waals surface area contributed by atoms with E-state index in [2.05, 4.69) is 20.9 Å². The highest BCUT2D eigenvalue weighted by Crippen LogP contribution is 2.27. The number of benzene rings is 3. The van der Waals surface area contributed by atoms with Gasteiger partial charge in [0.2, 0.25) is 5.78 Å². The minimum Gasteiger partial charge on any atom is -0.496 e. The fraction of sp³-hybridized carbons (Fsp3) is 0.0800. The number of methoxy groups -OCH3 is 1. The van der Waals surface area contributed by atoms with Crippen molar-refractivity contribution in [3.8, 4) is 17.0 Å². The maximum absolute atomic E-state index is 13.0. The molecule has 0 spiro atoms. The van der Waals surface area contributed by atoms with Crippen LogP contribution in [0.2, 0.25) is 0 Å². The molecule has 0 unspecified atom stereocenters. The number of ketones is 1. The number of fused-ring (bicyclic) bond motifs is 1. The van der Waals surface area contributed by atoms with Crippen molar-refractivity contribution in [1.82, 2.24) is 4.98 Å². The minimum atomic E-state index is -0.585. The van der Waals surface area contributed by atoms with Crippen molar-refractivity contribution in [2.24, 2.45) is 0 Å². The van der Waals surface area contributed by atoms with Crippen molar-refractivity contribution in [3.63, 3.8) is 0 Å². The molecule has 0 saturated heterocycles.